The summed E-state index contributed by atoms with van der Waals surface area (Å²) in [5.41, 5.74) is 3.99. The van der Waals surface area contributed by atoms with Crippen LogP contribution in [0.15, 0.2) is 18.2 Å². The third-order valence-electron chi connectivity index (χ3n) is 4.57. The van der Waals surface area contributed by atoms with Gasteiger partial charge in [0.15, 0.2) is 0 Å². The van der Waals surface area contributed by atoms with Crippen molar-refractivity contribution in [1.29, 1.82) is 0 Å². The van der Waals surface area contributed by atoms with E-state index in [2.05, 4.69) is 24.3 Å². The molecule has 1 aromatic carbocycles. The maximum atomic E-state index is 12.5. The van der Waals surface area contributed by atoms with Crippen molar-refractivity contribution in [2.24, 2.45) is 5.92 Å². The molecule has 0 aliphatic carbocycles. The molecule has 1 N–H and O–H groups in total. The summed E-state index contributed by atoms with van der Waals surface area (Å²) in [6.07, 6.45) is 0.274. The lowest BCUT2D eigenvalue weighted by molar-refractivity contribution is -0.120. The van der Waals surface area contributed by atoms with Crippen molar-refractivity contribution < 1.29 is 19.1 Å². The molecule has 2 rings (SSSR count). The van der Waals surface area contributed by atoms with E-state index in [-0.39, 0.29) is 12.3 Å². The lowest BCUT2D eigenvalue weighted by Gasteiger charge is -2.11. The fourth-order valence-electron chi connectivity index (χ4n) is 3.07. The van der Waals surface area contributed by atoms with Crippen LogP contribution in [0.2, 0.25) is 0 Å². The molecule has 152 valence electrons. The summed E-state index contributed by atoms with van der Waals surface area (Å²) in [5, 5.41) is 7.46. The van der Waals surface area contributed by atoms with Crippen LogP contribution in [0.25, 0.3) is 0 Å². The highest BCUT2D eigenvalue weighted by Crippen LogP contribution is 2.21. The van der Waals surface area contributed by atoms with E-state index < -0.39 is 5.97 Å². The Morgan fingerprint density at radius 1 is 1.21 bits per heavy atom. The Labute approximate surface area is 166 Å². The van der Waals surface area contributed by atoms with Gasteiger partial charge in [-0.05, 0) is 37.5 Å². The number of nitrogens with zero attached hydrogens (tertiary/aromatic N) is 2. The lowest BCUT2D eigenvalue weighted by Crippen LogP contribution is -2.25. The van der Waals surface area contributed by atoms with Gasteiger partial charge in [0, 0.05) is 24.3 Å². The molecular weight excluding hydrogens is 358 g/mol. The Kier molecular flexibility index (Phi) is 7.20. The molecule has 28 heavy (non-hydrogen) atoms. The fourth-order valence-corrected chi connectivity index (χ4v) is 3.07. The number of methoxy groups -OCH3 is 2. The van der Waals surface area contributed by atoms with Gasteiger partial charge in [-0.15, -0.1) is 0 Å². The summed E-state index contributed by atoms with van der Waals surface area (Å²) in [5.74, 6) is 0.351. The Balaban J connectivity index is 2.05. The summed E-state index contributed by atoms with van der Waals surface area (Å²) in [6.45, 7) is 9.34. The number of amides is 1. The molecule has 0 spiro atoms. The van der Waals surface area contributed by atoms with E-state index in [0.717, 1.165) is 29.1 Å². The highest BCUT2D eigenvalue weighted by atomic mass is 16.5. The Hall–Kier alpha value is -2.83. The van der Waals surface area contributed by atoms with Crippen LogP contribution >= 0.6 is 0 Å². The molecular formula is C21H29N3O4. The summed E-state index contributed by atoms with van der Waals surface area (Å²) >= 11 is 0. The average molecular weight is 387 g/mol. The van der Waals surface area contributed by atoms with Crippen molar-refractivity contribution in [3.63, 3.8) is 0 Å². The molecule has 0 atom stereocenters. The number of esters is 1. The molecule has 0 saturated heterocycles. The first-order valence-electron chi connectivity index (χ1n) is 9.31. The molecule has 2 aromatic rings. The van der Waals surface area contributed by atoms with Gasteiger partial charge in [0.25, 0.3) is 0 Å². The zero-order valence-corrected chi connectivity index (χ0v) is 17.5. The number of carbonyl (C=O) groups excluding carboxylic acids is 2. The van der Waals surface area contributed by atoms with Crippen LogP contribution < -0.4 is 10.1 Å². The Bertz CT molecular complexity index is 856. The van der Waals surface area contributed by atoms with Crippen LogP contribution in [-0.4, -0.2) is 35.9 Å². The van der Waals surface area contributed by atoms with Gasteiger partial charge in [0.2, 0.25) is 5.91 Å². The molecule has 7 heteroatoms. The van der Waals surface area contributed by atoms with Crippen LogP contribution in [0.1, 0.15) is 46.7 Å². The SMILES string of the molecule is COC(=O)c1cc(CNC(=O)Cc2c(C)nn(CC(C)C)c2C)ccc1OC. The minimum Gasteiger partial charge on any atom is -0.496 e. The third-order valence-corrected chi connectivity index (χ3v) is 4.57. The molecule has 1 heterocycles. The number of carbonyl (C=O) groups is 2. The fraction of sp³-hybridized carbons (Fsp3) is 0.476. The minimum absolute atomic E-state index is 0.0919. The van der Waals surface area contributed by atoms with Crippen LogP contribution in [0.4, 0.5) is 0 Å². The second kappa shape index (κ2) is 9.39. The van der Waals surface area contributed by atoms with Crippen molar-refractivity contribution in [3.05, 3.63) is 46.3 Å². The van der Waals surface area contributed by atoms with Crippen molar-refractivity contribution in [2.45, 2.75) is 47.2 Å². The van der Waals surface area contributed by atoms with Crippen molar-refractivity contribution >= 4 is 11.9 Å². The normalized spacial score (nSPS) is 10.8. The predicted octanol–water partition coefficient (Wildman–Crippen LogP) is 2.81. The molecule has 0 unspecified atom stereocenters. The van der Waals surface area contributed by atoms with Gasteiger partial charge >= 0.3 is 5.97 Å². The second-order valence-electron chi connectivity index (χ2n) is 7.21. The lowest BCUT2D eigenvalue weighted by atomic mass is 10.1. The zero-order valence-electron chi connectivity index (χ0n) is 17.5. The summed E-state index contributed by atoms with van der Waals surface area (Å²) in [6, 6.07) is 5.17. The van der Waals surface area contributed by atoms with Gasteiger partial charge in [-0.3, -0.25) is 9.48 Å². The standard InChI is InChI=1S/C21H29N3O4/c1-13(2)12-24-15(4)17(14(3)23-24)10-20(25)22-11-16-7-8-19(27-5)18(9-16)21(26)28-6/h7-9,13H,10-12H2,1-6H3,(H,22,25). The van der Waals surface area contributed by atoms with E-state index in [4.69, 9.17) is 9.47 Å². The molecule has 1 aromatic heterocycles. The first-order chi connectivity index (χ1) is 13.3. The predicted molar refractivity (Wildman–Crippen MR) is 106 cm³/mol. The van der Waals surface area contributed by atoms with Gasteiger partial charge in [0.1, 0.15) is 11.3 Å². The first-order valence-corrected chi connectivity index (χ1v) is 9.31. The third kappa shape index (κ3) is 5.12. The first kappa shape index (κ1) is 21.5. The number of hydrogen-bond acceptors (Lipinski definition) is 5. The van der Waals surface area contributed by atoms with Crippen LogP contribution in [-0.2, 0) is 29.0 Å². The van der Waals surface area contributed by atoms with Gasteiger partial charge in [-0.25, -0.2) is 4.79 Å². The van der Waals surface area contributed by atoms with Crippen LogP contribution in [0.3, 0.4) is 0 Å². The van der Waals surface area contributed by atoms with Gasteiger partial charge in [0.05, 0.1) is 26.3 Å². The maximum Gasteiger partial charge on any atom is 0.341 e. The van der Waals surface area contributed by atoms with Crippen molar-refractivity contribution in [1.82, 2.24) is 15.1 Å². The van der Waals surface area contributed by atoms with Gasteiger partial charge in [-0.2, -0.15) is 5.10 Å². The Morgan fingerprint density at radius 3 is 2.54 bits per heavy atom. The molecule has 0 fully saturated rings. The monoisotopic (exact) mass is 387 g/mol. The van der Waals surface area contributed by atoms with E-state index in [9.17, 15) is 9.59 Å². The average Bonchev–Trinajstić information content (AvgIpc) is 2.92. The van der Waals surface area contributed by atoms with E-state index >= 15 is 0 Å². The zero-order chi connectivity index (χ0) is 20.8. The molecule has 1 amide bonds. The van der Waals surface area contributed by atoms with E-state index in [0.29, 0.717) is 23.8 Å². The second-order valence-corrected chi connectivity index (χ2v) is 7.21. The minimum atomic E-state index is -0.478. The number of ether oxygens (including phenoxy) is 2. The number of benzene rings is 1. The largest absolute Gasteiger partial charge is 0.496 e. The van der Waals surface area contributed by atoms with E-state index in [1.54, 1.807) is 12.1 Å². The molecule has 7 nitrogen and oxygen atoms in total. The van der Waals surface area contributed by atoms with Crippen molar-refractivity contribution in [2.75, 3.05) is 14.2 Å². The maximum absolute atomic E-state index is 12.5. The van der Waals surface area contributed by atoms with Crippen LogP contribution in [0, 0.1) is 19.8 Å². The van der Waals surface area contributed by atoms with Crippen molar-refractivity contribution in [3.8, 4) is 5.75 Å². The summed E-state index contributed by atoms with van der Waals surface area (Å²) < 4.78 is 11.9. The van der Waals surface area contributed by atoms with E-state index in [1.807, 2.05) is 24.6 Å². The molecule has 0 aliphatic heterocycles. The summed E-state index contributed by atoms with van der Waals surface area (Å²) in [7, 11) is 2.81. The molecule has 0 aliphatic rings. The quantitative estimate of drug-likeness (QED) is 0.705. The summed E-state index contributed by atoms with van der Waals surface area (Å²) in [4.78, 5) is 24.3. The van der Waals surface area contributed by atoms with Crippen LogP contribution in [0.5, 0.6) is 5.75 Å². The number of aryl methyl sites for hydroxylation is 1. The highest BCUT2D eigenvalue weighted by molar-refractivity contribution is 5.92. The van der Waals surface area contributed by atoms with Gasteiger partial charge < -0.3 is 14.8 Å². The number of hydrogen-bond donors (Lipinski definition) is 1. The number of aromatic nitrogens is 2. The molecule has 0 saturated carbocycles. The number of rotatable bonds is 8. The smallest absolute Gasteiger partial charge is 0.341 e. The topological polar surface area (TPSA) is 82.5 Å². The van der Waals surface area contributed by atoms with E-state index in [1.165, 1.54) is 14.2 Å². The molecule has 0 radical (unpaired) electrons. The highest BCUT2D eigenvalue weighted by Gasteiger charge is 2.17. The number of nitrogens with one attached hydrogen (secondary N) is 1. The Morgan fingerprint density at radius 2 is 1.93 bits per heavy atom. The molecule has 0 bridgehead atoms. The van der Waals surface area contributed by atoms with Gasteiger partial charge in [-0.1, -0.05) is 19.9 Å².